The Kier molecular flexibility index (Phi) is 8.69. The lowest BCUT2D eigenvalue weighted by molar-refractivity contribution is 0.0549. The van der Waals surface area contributed by atoms with E-state index in [1.807, 2.05) is 42.5 Å². The fourth-order valence-electron chi connectivity index (χ4n) is 4.97. The summed E-state index contributed by atoms with van der Waals surface area (Å²) in [5.74, 6) is 2.15. The van der Waals surface area contributed by atoms with E-state index in [4.69, 9.17) is 14.2 Å². The summed E-state index contributed by atoms with van der Waals surface area (Å²) in [5.41, 5.74) is 2.12. The Morgan fingerprint density at radius 3 is 2.31 bits per heavy atom. The van der Waals surface area contributed by atoms with Gasteiger partial charge in [0.15, 0.2) is 11.5 Å². The van der Waals surface area contributed by atoms with E-state index in [-0.39, 0.29) is 11.7 Å². The molecule has 39 heavy (non-hydrogen) atoms. The first-order valence-corrected chi connectivity index (χ1v) is 14.6. The summed E-state index contributed by atoms with van der Waals surface area (Å²) < 4.78 is 45.2. The van der Waals surface area contributed by atoms with Gasteiger partial charge in [-0.15, -0.1) is 0 Å². The van der Waals surface area contributed by atoms with E-state index in [9.17, 15) is 13.5 Å². The van der Waals surface area contributed by atoms with E-state index in [0.29, 0.717) is 18.7 Å². The minimum absolute atomic E-state index is 0.130. The smallest absolute Gasteiger partial charge is 0.240 e. The largest absolute Gasteiger partial charge is 0.497 e. The van der Waals surface area contributed by atoms with Crippen LogP contribution in [0.4, 0.5) is 0 Å². The van der Waals surface area contributed by atoms with Crippen molar-refractivity contribution in [3.8, 4) is 17.2 Å². The van der Waals surface area contributed by atoms with Gasteiger partial charge in [-0.05, 0) is 53.9 Å². The highest BCUT2D eigenvalue weighted by molar-refractivity contribution is 7.89. The Morgan fingerprint density at radius 1 is 0.897 bits per heavy atom. The van der Waals surface area contributed by atoms with Crippen LogP contribution in [-0.2, 0) is 23.0 Å². The number of ether oxygens (including phenoxy) is 3. The normalized spacial score (nSPS) is 17.6. The van der Waals surface area contributed by atoms with Crippen molar-refractivity contribution in [1.82, 2.24) is 14.5 Å². The van der Waals surface area contributed by atoms with Gasteiger partial charge in [0, 0.05) is 39.3 Å². The Hall–Kier alpha value is -3.15. The van der Waals surface area contributed by atoms with Gasteiger partial charge >= 0.3 is 0 Å². The molecule has 0 saturated carbocycles. The van der Waals surface area contributed by atoms with Crippen LogP contribution in [0.15, 0.2) is 77.7 Å². The Morgan fingerprint density at radius 2 is 1.59 bits per heavy atom. The number of sulfonamides is 1. The van der Waals surface area contributed by atoms with Crippen molar-refractivity contribution in [2.24, 2.45) is 0 Å². The van der Waals surface area contributed by atoms with Crippen molar-refractivity contribution in [3.05, 3.63) is 83.9 Å². The molecule has 3 aromatic carbocycles. The zero-order valence-electron chi connectivity index (χ0n) is 22.0. The minimum Gasteiger partial charge on any atom is -0.497 e. The van der Waals surface area contributed by atoms with Gasteiger partial charge in [-0.25, -0.2) is 13.1 Å². The summed E-state index contributed by atoms with van der Waals surface area (Å²) in [6, 6.07) is 21.2. The van der Waals surface area contributed by atoms with Crippen LogP contribution in [0.1, 0.15) is 11.1 Å². The highest BCUT2D eigenvalue weighted by Gasteiger charge is 2.29. The summed E-state index contributed by atoms with van der Waals surface area (Å²) in [6.07, 6.45) is -0.514. The van der Waals surface area contributed by atoms with Crippen molar-refractivity contribution < 1.29 is 27.7 Å². The molecule has 3 aromatic rings. The maximum absolute atomic E-state index is 13.2. The Bertz CT molecular complexity index is 1330. The summed E-state index contributed by atoms with van der Waals surface area (Å²) in [4.78, 5) is 4.69. The molecular formula is C29H35N3O6S. The van der Waals surface area contributed by atoms with Crippen LogP contribution >= 0.6 is 0 Å². The van der Waals surface area contributed by atoms with Crippen LogP contribution in [0.2, 0.25) is 0 Å². The molecule has 10 heteroatoms. The maximum atomic E-state index is 13.2. The molecule has 208 valence electrons. The van der Waals surface area contributed by atoms with Crippen LogP contribution in [-0.4, -0.2) is 82.1 Å². The summed E-state index contributed by atoms with van der Waals surface area (Å²) in [5, 5.41) is 11.3. The van der Waals surface area contributed by atoms with E-state index < -0.39 is 22.2 Å². The number of β-amino-alcohol motifs (C(OH)–C–C–N with tert-alkyl or cyclic N) is 1. The zero-order valence-corrected chi connectivity index (χ0v) is 22.8. The van der Waals surface area contributed by atoms with Gasteiger partial charge in [-0.3, -0.25) is 9.80 Å². The third-order valence-corrected chi connectivity index (χ3v) is 8.70. The van der Waals surface area contributed by atoms with E-state index >= 15 is 0 Å². The lowest BCUT2D eigenvalue weighted by Crippen LogP contribution is -2.53. The number of nitrogens with zero attached hydrogens (tertiary/aromatic N) is 2. The van der Waals surface area contributed by atoms with Crippen LogP contribution in [0.5, 0.6) is 17.2 Å². The predicted octanol–water partition coefficient (Wildman–Crippen LogP) is 2.49. The lowest BCUT2D eigenvalue weighted by Gasteiger charge is -2.37. The maximum Gasteiger partial charge on any atom is 0.240 e. The molecule has 2 aliphatic heterocycles. The monoisotopic (exact) mass is 553 g/mol. The summed E-state index contributed by atoms with van der Waals surface area (Å²) >= 11 is 0. The fourth-order valence-corrected chi connectivity index (χ4v) is 6.24. The number of benzene rings is 3. The van der Waals surface area contributed by atoms with Crippen LogP contribution in [0.25, 0.3) is 0 Å². The molecule has 0 spiro atoms. The highest BCUT2D eigenvalue weighted by atomic mass is 32.2. The minimum atomic E-state index is -3.85. The van der Waals surface area contributed by atoms with Gasteiger partial charge in [-0.2, -0.15) is 0 Å². The summed E-state index contributed by atoms with van der Waals surface area (Å²) in [7, 11) is -2.32. The molecule has 0 unspecified atom stereocenters. The predicted molar refractivity (Wildman–Crippen MR) is 148 cm³/mol. The second-order valence-corrected chi connectivity index (χ2v) is 11.6. The van der Waals surface area contributed by atoms with Gasteiger partial charge in [0.05, 0.1) is 24.2 Å². The molecule has 2 aliphatic rings. The molecular weight excluding hydrogens is 518 g/mol. The number of aliphatic hydroxyl groups excluding tert-OH is 1. The highest BCUT2D eigenvalue weighted by Crippen LogP contribution is 2.33. The Labute approximate surface area is 230 Å². The number of nitrogens with one attached hydrogen (secondary N) is 1. The number of hydrogen-bond acceptors (Lipinski definition) is 8. The molecule has 0 aliphatic carbocycles. The van der Waals surface area contributed by atoms with Crippen LogP contribution < -0.4 is 18.9 Å². The average Bonchev–Trinajstić information content (AvgIpc) is 3.42. The van der Waals surface area contributed by atoms with Gasteiger partial charge in [0.1, 0.15) is 5.75 Å². The van der Waals surface area contributed by atoms with Gasteiger partial charge in [-0.1, -0.05) is 36.4 Å². The molecule has 9 nitrogen and oxygen atoms in total. The van der Waals surface area contributed by atoms with Crippen LogP contribution in [0, 0.1) is 0 Å². The number of aliphatic hydroxyl groups is 1. The van der Waals surface area contributed by atoms with E-state index in [2.05, 4.69) is 20.6 Å². The molecule has 1 fully saturated rings. The summed E-state index contributed by atoms with van der Waals surface area (Å²) in [6.45, 7) is 4.72. The molecule has 0 radical (unpaired) electrons. The number of fused-ring (bicyclic) bond motifs is 1. The van der Waals surface area contributed by atoms with Crippen molar-refractivity contribution in [2.45, 2.75) is 30.0 Å². The topological polar surface area (TPSA) is 101 Å². The van der Waals surface area contributed by atoms with Crippen molar-refractivity contribution in [2.75, 3.05) is 46.6 Å². The van der Waals surface area contributed by atoms with Gasteiger partial charge in [0.25, 0.3) is 0 Å². The van der Waals surface area contributed by atoms with Gasteiger partial charge in [0.2, 0.25) is 16.8 Å². The molecule has 5 rings (SSSR count). The molecule has 2 N–H and O–H groups in total. The third kappa shape index (κ3) is 7.09. The molecule has 0 aromatic heterocycles. The first-order chi connectivity index (χ1) is 18.9. The van der Waals surface area contributed by atoms with E-state index in [1.54, 1.807) is 12.1 Å². The van der Waals surface area contributed by atoms with Crippen molar-refractivity contribution >= 4 is 10.0 Å². The van der Waals surface area contributed by atoms with Gasteiger partial charge < -0.3 is 19.3 Å². The number of methoxy groups -OCH3 is 1. The molecule has 1 saturated heterocycles. The number of hydrogen-bond donors (Lipinski definition) is 2. The SMILES string of the molecule is COc1ccc(S(=O)(=O)N[C@@H](Cc2ccccc2)[C@H](O)CN2CCN(Cc3ccc4c(c3)OCO4)CC2)cc1. The molecule has 0 bridgehead atoms. The van der Waals surface area contributed by atoms with E-state index in [1.165, 1.54) is 24.8 Å². The second-order valence-electron chi connectivity index (χ2n) is 9.92. The van der Waals surface area contributed by atoms with Crippen molar-refractivity contribution in [3.63, 3.8) is 0 Å². The number of rotatable bonds is 11. The number of piperazine rings is 1. The average molecular weight is 554 g/mol. The lowest BCUT2D eigenvalue weighted by atomic mass is 10.0. The zero-order chi connectivity index (χ0) is 27.2. The fraction of sp³-hybridized carbons (Fsp3) is 0.379. The molecule has 2 atom stereocenters. The Balaban J connectivity index is 1.20. The van der Waals surface area contributed by atoms with Crippen molar-refractivity contribution in [1.29, 1.82) is 0 Å². The quantitative estimate of drug-likeness (QED) is 0.374. The van der Waals surface area contributed by atoms with E-state index in [0.717, 1.165) is 49.8 Å². The first-order valence-electron chi connectivity index (χ1n) is 13.1. The first kappa shape index (κ1) is 27.4. The molecule has 2 heterocycles. The van der Waals surface area contributed by atoms with Crippen LogP contribution in [0.3, 0.4) is 0 Å². The molecule has 0 amide bonds. The standard InChI is InChI=1S/C29H35N3O6S/c1-36-24-8-10-25(11-9-24)39(34,35)30-26(17-22-5-3-2-4-6-22)27(33)20-32-15-13-31(14-16-32)19-23-7-12-28-29(18-23)38-21-37-28/h2-12,18,26-27,30,33H,13-17,19-21H2,1H3/t26-,27+/m0/s1. The second kappa shape index (κ2) is 12.4. The third-order valence-electron chi connectivity index (χ3n) is 7.19.